The van der Waals surface area contributed by atoms with E-state index < -0.39 is 27.5 Å². The van der Waals surface area contributed by atoms with Crippen LogP contribution in [0, 0.1) is 5.92 Å². The molecule has 17 heavy (non-hydrogen) atoms. The number of carbonyl (C=O) groups excluding carboxylic acids is 1. The molecule has 0 bridgehead atoms. The Hall–Kier alpha value is -0.690. The summed E-state index contributed by atoms with van der Waals surface area (Å²) < 4.78 is 49.2. The van der Waals surface area contributed by atoms with Gasteiger partial charge in [0, 0.05) is 6.42 Å². The molecule has 0 amide bonds. The molecule has 0 aromatic rings. The van der Waals surface area contributed by atoms with Crippen molar-refractivity contribution in [1.29, 1.82) is 0 Å². The van der Waals surface area contributed by atoms with Crippen molar-refractivity contribution in [3.05, 3.63) is 0 Å². The zero-order valence-corrected chi connectivity index (χ0v) is 10.5. The molecule has 1 saturated carbocycles. The first-order valence-electron chi connectivity index (χ1n) is 5.55. The van der Waals surface area contributed by atoms with Crippen LogP contribution in [0.1, 0.15) is 38.5 Å². The normalized spacial score (nSPS) is 21.8. The summed E-state index contributed by atoms with van der Waals surface area (Å²) in [6.45, 7) is 0. The first-order valence-corrected chi connectivity index (χ1v) is 6.99. The largest absolute Gasteiger partial charge is 0.466 e. The van der Waals surface area contributed by atoms with Crippen LogP contribution in [0.25, 0.3) is 0 Å². The van der Waals surface area contributed by atoms with E-state index in [1.54, 1.807) is 0 Å². The molecule has 1 unspecified atom stereocenters. The number of methoxy groups -OCH3 is 1. The van der Waals surface area contributed by atoms with E-state index >= 15 is 0 Å². The molecule has 1 aliphatic rings. The fourth-order valence-electron chi connectivity index (χ4n) is 2.21. The Bertz CT molecular complexity index is 374. The molecule has 1 atom stereocenters. The lowest BCUT2D eigenvalue weighted by Gasteiger charge is -2.27. The van der Waals surface area contributed by atoms with E-state index in [1.807, 2.05) is 0 Å². The maximum absolute atomic E-state index is 14.2. The molecule has 1 fully saturated rings. The quantitative estimate of drug-likeness (QED) is 0.619. The van der Waals surface area contributed by atoms with Gasteiger partial charge in [-0.05, 0) is 5.92 Å². The number of hydrogen-bond acceptors (Lipinski definition) is 4. The monoisotopic (exact) mass is 268 g/mol. The smallest absolute Gasteiger partial charge is 0.362 e. The molecular formula is C10H17FO5S. The van der Waals surface area contributed by atoms with Crippen molar-refractivity contribution in [3.63, 3.8) is 0 Å². The Balaban J connectivity index is 2.87. The van der Waals surface area contributed by atoms with Gasteiger partial charge in [-0.2, -0.15) is 8.42 Å². The van der Waals surface area contributed by atoms with Crippen LogP contribution in [0.2, 0.25) is 0 Å². The summed E-state index contributed by atoms with van der Waals surface area (Å²) in [5.41, 5.74) is 0. The van der Waals surface area contributed by atoms with Crippen molar-refractivity contribution in [1.82, 2.24) is 0 Å². The van der Waals surface area contributed by atoms with Gasteiger partial charge in [-0.3, -0.25) is 4.55 Å². The third-order valence-electron chi connectivity index (χ3n) is 3.18. The summed E-state index contributed by atoms with van der Waals surface area (Å²) in [6, 6.07) is 0. The van der Waals surface area contributed by atoms with E-state index in [-0.39, 0.29) is 5.92 Å². The summed E-state index contributed by atoms with van der Waals surface area (Å²) in [7, 11) is -4.22. The van der Waals surface area contributed by atoms with E-state index in [9.17, 15) is 17.6 Å². The SMILES string of the molecule is COC(=O)C(F)(CC1CCCCC1)S(=O)(=O)O. The highest BCUT2D eigenvalue weighted by Crippen LogP contribution is 2.35. The van der Waals surface area contributed by atoms with Crippen molar-refractivity contribution in [2.24, 2.45) is 5.92 Å². The van der Waals surface area contributed by atoms with Crippen molar-refractivity contribution in [2.45, 2.75) is 43.5 Å². The Kier molecular flexibility index (Phi) is 4.48. The lowest BCUT2D eigenvalue weighted by molar-refractivity contribution is -0.150. The topological polar surface area (TPSA) is 80.7 Å². The van der Waals surface area contributed by atoms with E-state index in [1.165, 1.54) is 0 Å². The maximum Gasteiger partial charge on any atom is 0.362 e. The molecule has 0 aromatic carbocycles. The number of carbonyl (C=O) groups is 1. The second-order valence-electron chi connectivity index (χ2n) is 4.40. The Morgan fingerprint density at radius 3 is 2.35 bits per heavy atom. The van der Waals surface area contributed by atoms with Crippen molar-refractivity contribution < 1.29 is 26.9 Å². The van der Waals surface area contributed by atoms with Gasteiger partial charge in [-0.25, -0.2) is 9.18 Å². The van der Waals surface area contributed by atoms with Crippen LogP contribution in [-0.2, 0) is 19.6 Å². The first-order chi connectivity index (χ1) is 7.81. The third-order valence-corrected chi connectivity index (χ3v) is 4.33. The number of esters is 1. The highest BCUT2D eigenvalue weighted by molar-refractivity contribution is 7.87. The van der Waals surface area contributed by atoms with E-state index in [0.29, 0.717) is 12.8 Å². The minimum Gasteiger partial charge on any atom is -0.466 e. The number of rotatable bonds is 4. The summed E-state index contributed by atoms with van der Waals surface area (Å²) in [5.74, 6) is -1.76. The second kappa shape index (κ2) is 5.30. The van der Waals surface area contributed by atoms with Crippen molar-refractivity contribution in [2.75, 3.05) is 7.11 Å². The average Bonchev–Trinajstić information content (AvgIpc) is 2.27. The lowest BCUT2D eigenvalue weighted by Crippen LogP contribution is -2.44. The Labute approximate surface area is 100 Å². The third kappa shape index (κ3) is 3.16. The molecule has 0 saturated heterocycles. The highest BCUT2D eigenvalue weighted by Gasteiger charge is 2.53. The number of halogens is 1. The molecule has 100 valence electrons. The van der Waals surface area contributed by atoms with Crippen LogP contribution in [0.3, 0.4) is 0 Å². The zero-order chi connectivity index (χ0) is 13.1. The molecule has 5 nitrogen and oxygen atoms in total. The van der Waals surface area contributed by atoms with Crippen LogP contribution < -0.4 is 0 Å². The van der Waals surface area contributed by atoms with Crippen LogP contribution >= 0.6 is 0 Å². The predicted molar refractivity (Wildman–Crippen MR) is 58.6 cm³/mol. The van der Waals surface area contributed by atoms with Crippen LogP contribution in [0.15, 0.2) is 0 Å². The highest BCUT2D eigenvalue weighted by atomic mass is 32.2. The molecular weight excluding hydrogens is 251 g/mol. The van der Waals surface area contributed by atoms with Crippen LogP contribution in [0.4, 0.5) is 4.39 Å². The standard InChI is InChI=1S/C10H17FO5S/c1-16-9(12)10(11,17(13,14)15)7-8-5-3-2-4-6-8/h8H,2-7H2,1H3,(H,13,14,15). The molecule has 0 aliphatic heterocycles. The predicted octanol–water partition coefficient (Wildman–Crippen LogP) is 1.68. The molecule has 0 heterocycles. The second-order valence-corrected chi connectivity index (χ2v) is 6.00. The summed E-state index contributed by atoms with van der Waals surface area (Å²) >= 11 is 0. The maximum atomic E-state index is 14.2. The molecule has 1 aliphatic carbocycles. The van der Waals surface area contributed by atoms with Gasteiger partial charge in [-0.1, -0.05) is 32.1 Å². The average molecular weight is 268 g/mol. The van der Waals surface area contributed by atoms with Crippen molar-refractivity contribution >= 4 is 16.1 Å². The fraction of sp³-hybridized carbons (Fsp3) is 0.900. The molecule has 0 aromatic heterocycles. The van der Waals surface area contributed by atoms with E-state index in [0.717, 1.165) is 26.4 Å². The van der Waals surface area contributed by atoms with Gasteiger partial charge in [0.05, 0.1) is 7.11 Å². The molecule has 0 radical (unpaired) electrons. The van der Waals surface area contributed by atoms with E-state index in [2.05, 4.69) is 4.74 Å². The Morgan fingerprint density at radius 2 is 1.94 bits per heavy atom. The van der Waals surface area contributed by atoms with Gasteiger partial charge in [0.15, 0.2) is 0 Å². The zero-order valence-electron chi connectivity index (χ0n) is 9.69. The van der Waals surface area contributed by atoms with Gasteiger partial charge in [0.1, 0.15) is 0 Å². The molecule has 0 spiro atoms. The Morgan fingerprint density at radius 1 is 1.41 bits per heavy atom. The summed E-state index contributed by atoms with van der Waals surface area (Å²) in [4.78, 5) is 11.2. The minimum atomic E-state index is -5.12. The van der Waals surface area contributed by atoms with Gasteiger partial charge in [-0.15, -0.1) is 0 Å². The minimum absolute atomic E-state index is 0.213. The van der Waals surface area contributed by atoms with Crippen LogP contribution in [0.5, 0.6) is 0 Å². The molecule has 1 N–H and O–H groups in total. The van der Waals surface area contributed by atoms with Crippen LogP contribution in [-0.4, -0.2) is 31.1 Å². The van der Waals surface area contributed by atoms with Crippen molar-refractivity contribution in [3.8, 4) is 0 Å². The van der Waals surface area contributed by atoms with Gasteiger partial charge in [0.2, 0.25) is 0 Å². The molecule has 1 rings (SSSR count). The summed E-state index contributed by atoms with van der Waals surface area (Å²) in [5, 5.41) is -3.33. The van der Waals surface area contributed by atoms with E-state index in [4.69, 9.17) is 4.55 Å². The first kappa shape index (κ1) is 14.4. The summed E-state index contributed by atoms with van der Waals surface area (Å²) in [6.07, 6.45) is 3.59. The van der Waals surface area contributed by atoms with Gasteiger partial charge >= 0.3 is 21.1 Å². The number of hydrogen-bond donors (Lipinski definition) is 1. The van der Waals surface area contributed by atoms with Gasteiger partial charge in [0.25, 0.3) is 0 Å². The lowest BCUT2D eigenvalue weighted by atomic mass is 9.85. The fourth-order valence-corrected chi connectivity index (χ4v) is 2.95. The molecule has 7 heteroatoms. The number of alkyl halides is 1. The number of ether oxygens (including phenoxy) is 1. The van der Waals surface area contributed by atoms with Gasteiger partial charge < -0.3 is 4.74 Å².